The normalized spacial score (nSPS) is 14.8. The summed E-state index contributed by atoms with van der Waals surface area (Å²) in [5.41, 5.74) is 1.15. The predicted octanol–water partition coefficient (Wildman–Crippen LogP) is 3.48. The van der Waals surface area contributed by atoms with E-state index in [2.05, 4.69) is 11.4 Å². The Bertz CT molecular complexity index is 514. The third-order valence-corrected chi connectivity index (χ3v) is 3.86. The van der Waals surface area contributed by atoms with Crippen molar-refractivity contribution < 1.29 is 9.53 Å². The molecule has 0 bridgehead atoms. The number of nitrogens with zero attached hydrogens (tertiary/aromatic N) is 1. The van der Waals surface area contributed by atoms with E-state index in [0.29, 0.717) is 29.3 Å². The number of carbonyl (C=O) groups excluding carboxylic acids is 1. The highest BCUT2D eigenvalue weighted by atomic mass is 16.5. The summed E-state index contributed by atoms with van der Waals surface area (Å²) < 4.78 is 5.20. The Hall–Kier alpha value is -2.02. The molecule has 1 aliphatic carbocycles. The molecule has 0 saturated heterocycles. The molecule has 1 aliphatic rings. The third-order valence-electron chi connectivity index (χ3n) is 3.86. The number of carbonyl (C=O) groups is 1. The smallest absolute Gasteiger partial charge is 0.224 e. The van der Waals surface area contributed by atoms with Crippen molar-refractivity contribution in [3.63, 3.8) is 0 Å². The van der Waals surface area contributed by atoms with Crippen molar-refractivity contribution in [1.82, 2.24) is 0 Å². The maximum Gasteiger partial charge on any atom is 0.224 e. The molecule has 2 rings (SSSR count). The zero-order chi connectivity index (χ0) is 14.4. The number of benzene rings is 1. The van der Waals surface area contributed by atoms with Gasteiger partial charge in [0.05, 0.1) is 24.4 Å². The van der Waals surface area contributed by atoms with E-state index >= 15 is 0 Å². The van der Waals surface area contributed by atoms with Crippen LogP contribution in [0.15, 0.2) is 18.2 Å². The van der Waals surface area contributed by atoms with E-state index in [4.69, 9.17) is 10.00 Å². The summed E-state index contributed by atoms with van der Waals surface area (Å²) in [6, 6.07) is 7.07. The Morgan fingerprint density at radius 1 is 1.45 bits per heavy atom. The first-order chi connectivity index (χ1) is 9.72. The molecular formula is C16H20N2O2. The summed E-state index contributed by atoms with van der Waals surface area (Å²) in [4.78, 5) is 12.0. The lowest BCUT2D eigenvalue weighted by molar-refractivity contribution is -0.116. The summed E-state index contributed by atoms with van der Waals surface area (Å²) in [6.45, 7) is 0. The number of hydrogen-bond acceptors (Lipinski definition) is 3. The van der Waals surface area contributed by atoms with Crippen LogP contribution in [0.4, 0.5) is 5.69 Å². The van der Waals surface area contributed by atoms with E-state index in [9.17, 15) is 4.79 Å². The molecular weight excluding hydrogens is 252 g/mol. The lowest BCUT2D eigenvalue weighted by Crippen LogP contribution is -2.13. The van der Waals surface area contributed by atoms with Gasteiger partial charge in [0, 0.05) is 12.5 Å². The average molecular weight is 272 g/mol. The van der Waals surface area contributed by atoms with Crippen LogP contribution in [0.1, 0.15) is 44.1 Å². The largest absolute Gasteiger partial charge is 0.495 e. The second-order valence-corrected chi connectivity index (χ2v) is 5.26. The second-order valence-electron chi connectivity index (χ2n) is 5.26. The fraction of sp³-hybridized carbons (Fsp3) is 0.500. The Morgan fingerprint density at radius 3 is 2.85 bits per heavy atom. The third kappa shape index (κ3) is 3.74. The number of hydrogen-bond donors (Lipinski definition) is 1. The average Bonchev–Trinajstić information content (AvgIpc) is 2.99. The molecule has 1 fully saturated rings. The van der Waals surface area contributed by atoms with Gasteiger partial charge < -0.3 is 10.1 Å². The molecule has 4 heteroatoms. The number of ether oxygens (including phenoxy) is 1. The molecule has 0 radical (unpaired) electrons. The van der Waals surface area contributed by atoms with Gasteiger partial charge in [0.2, 0.25) is 5.91 Å². The van der Waals surface area contributed by atoms with Gasteiger partial charge in [0.1, 0.15) is 5.75 Å². The van der Waals surface area contributed by atoms with Crippen molar-refractivity contribution in [2.75, 3.05) is 12.4 Å². The first-order valence-corrected chi connectivity index (χ1v) is 7.11. The molecule has 0 aromatic heterocycles. The molecule has 20 heavy (non-hydrogen) atoms. The van der Waals surface area contributed by atoms with Crippen LogP contribution in [-0.2, 0) is 4.79 Å². The van der Waals surface area contributed by atoms with Crippen LogP contribution in [0.5, 0.6) is 5.75 Å². The fourth-order valence-corrected chi connectivity index (χ4v) is 2.71. The van der Waals surface area contributed by atoms with E-state index in [1.54, 1.807) is 18.2 Å². The van der Waals surface area contributed by atoms with E-state index < -0.39 is 0 Å². The van der Waals surface area contributed by atoms with Crippen molar-refractivity contribution in [1.29, 1.82) is 5.26 Å². The van der Waals surface area contributed by atoms with E-state index in [1.807, 2.05) is 0 Å². The molecule has 1 amide bonds. The second kappa shape index (κ2) is 6.95. The van der Waals surface area contributed by atoms with Gasteiger partial charge in [-0.25, -0.2) is 0 Å². The molecule has 1 saturated carbocycles. The van der Waals surface area contributed by atoms with Gasteiger partial charge in [-0.15, -0.1) is 0 Å². The number of rotatable bonds is 5. The number of nitrogens with one attached hydrogen (secondary N) is 1. The van der Waals surface area contributed by atoms with Crippen molar-refractivity contribution in [3.8, 4) is 11.8 Å². The van der Waals surface area contributed by atoms with Crippen molar-refractivity contribution in [2.24, 2.45) is 5.92 Å². The van der Waals surface area contributed by atoms with Crippen LogP contribution in [0.3, 0.4) is 0 Å². The van der Waals surface area contributed by atoms with Crippen LogP contribution in [0.2, 0.25) is 0 Å². The molecule has 0 spiro atoms. The Balaban J connectivity index is 1.91. The summed E-state index contributed by atoms with van der Waals surface area (Å²) in [5, 5.41) is 11.7. The minimum absolute atomic E-state index is 0.0138. The van der Waals surface area contributed by atoms with Crippen LogP contribution < -0.4 is 10.1 Å². The van der Waals surface area contributed by atoms with Crippen molar-refractivity contribution in [2.45, 2.75) is 38.5 Å². The van der Waals surface area contributed by atoms with E-state index in [-0.39, 0.29) is 5.91 Å². The van der Waals surface area contributed by atoms with Crippen LogP contribution >= 0.6 is 0 Å². The highest BCUT2D eigenvalue weighted by Gasteiger charge is 2.16. The highest BCUT2D eigenvalue weighted by molar-refractivity contribution is 5.92. The zero-order valence-electron chi connectivity index (χ0n) is 11.8. The van der Waals surface area contributed by atoms with Crippen LogP contribution in [0, 0.1) is 17.2 Å². The Kier molecular flexibility index (Phi) is 5.00. The molecule has 106 valence electrons. The van der Waals surface area contributed by atoms with Gasteiger partial charge in [-0.2, -0.15) is 5.26 Å². The number of nitriles is 1. The fourth-order valence-electron chi connectivity index (χ4n) is 2.71. The van der Waals surface area contributed by atoms with Crippen molar-refractivity contribution >= 4 is 11.6 Å². The Labute approximate surface area is 119 Å². The van der Waals surface area contributed by atoms with Gasteiger partial charge in [-0.1, -0.05) is 25.7 Å². The maximum absolute atomic E-state index is 12.0. The predicted molar refractivity (Wildman–Crippen MR) is 77.5 cm³/mol. The van der Waals surface area contributed by atoms with E-state index in [1.165, 1.54) is 32.8 Å². The van der Waals surface area contributed by atoms with Gasteiger partial charge in [-0.05, 0) is 24.5 Å². The minimum Gasteiger partial charge on any atom is -0.495 e. The first kappa shape index (κ1) is 14.4. The molecule has 0 aliphatic heterocycles. The van der Waals surface area contributed by atoms with Gasteiger partial charge >= 0.3 is 0 Å². The minimum atomic E-state index is 0.0138. The molecule has 1 aromatic rings. The Morgan fingerprint density at radius 2 is 2.20 bits per heavy atom. The summed E-state index contributed by atoms with van der Waals surface area (Å²) in [6.07, 6.45) is 6.63. The molecule has 1 N–H and O–H groups in total. The SMILES string of the molecule is COc1cc(C#N)ccc1NC(=O)CCC1CCCC1. The summed E-state index contributed by atoms with van der Waals surface area (Å²) in [5.74, 6) is 1.25. The summed E-state index contributed by atoms with van der Waals surface area (Å²) >= 11 is 0. The molecule has 0 atom stereocenters. The standard InChI is InChI=1S/C16H20N2O2/c1-20-15-10-13(11-17)6-8-14(15)18-16(19)9-7-12-4-2-3-5-12/h6,8,10,12H,2-5,7,9H2,1H3,(H,18,19). The van der Waals surface area contributed by atoms with E-state index in [0.717, 1.165) is 6.42 Å². The van der Waals surface area contributed by atoms with Gasteiger partial charge in [-0.3, -0.25) is 4.79 Å². The van der Waals surface area contributed by atoms with Crippen LogP contribution in [0.25, 0.3) is 0 Å². The molecule has 4 nitrogen and oxygen atoms in total. The van der Waals surface area contributed by atoms with Gasteiger partial charge in [0.25, 0.3) is 0 Å². The molecule has 1 aromatic carbocycles. The van der Waals surface area contributed by atoms with Crippen molar-refractivity contribution in [3.05, 3.63) is 23.8 Å². The number of methoxy groups -OCH3 is 1. The lowest BCUT2D eigenvalue weighted by atomic mass is 10.0. The van der Waals surface area contributed by atoms with Crippen LogP contribution in [-0.4, -0.2) is 13.0 Å². The monoisotopic (exact) mass is 272 g/mol. The quantitative estimate of drug-likeness (QED) is 0.892. The zero-order valence-corrected chi connectivity index (χ0v) is 11.8. The lowest BCUT2D eigenvalue weighted by Gasteiger charge is -2.12. The number of amides is 1. The highest BCUT2D eigenvalue weighted by Crippen LogP contribution is 2.29. The summed E-state index contributed by atoms with van der Waals surface area (Å²) in [7, 11) is 1.53. The maximum atomic E-state index is 12.0. The topological polar surface area (TPSA) is 62.1 Å². The molecule has 0 unspecified atom stereocenters. The number of anilines is 1. The van der Waals surface area contributed by atoms with Gasteiger partial charge in [0.15, 0.2) is 0 Å². The first-order valence-electron chi connectivity index (χ1n) is 7.11. The molecule has 0 heterocycles.